The lowest BCUT2D eigenvalue weighted by atomic mass is 10.1. The molecule has 0 aliphatic heterocycles. The van der Waals surface area contributed by atoms with Crippen molar-refractivity contribution in [2.24, 2.45) is 0 Å². The van der Waals surface area contributed by atoms with Gasteiger partial charge in [0.05, 0.1) is 34.5 Å². The third kappa shape index (κ3) is 4.99. The van der Waals surface area contributed by atoms with Crippen LogP contribution in [0, 0.1) is 32.1 Å². The van der Waals surface area contributed by atoms with E-state index in [0.29, 0.717) is 17.1 Å². The number of benzene rings is 2. The van der Waals surface area contributed by atoms with Gasteiger partial charge < -0.3 is 5.32 Å². The molecule has 0 atom stereocenters. The van der Waals surface area contributed by atoms with E-state index in [-0.39, 0.29) is 11.4 Å². The van der Waals surface area contributed by atoms with Crippen LogP contribution in [0.1, 0.15) is 22.4 Å². The zero-order valence-electron chi connectivity index (χ0n) is 17.7. The molecule has 0 aliphatic rings. The molecule has 9 heteroatoms. The summed E-state index contributed by atoms with van der Waals surface area (Å²) in [7, 11) is -2.55. The van der Waals surface area contributed by atoms with Crippen molar-refractivity contribution >= 4 is 21.7 Å². The lowest BCUT2D eigenvalue weighted by molar-refractivity contribution is -0.116. The third-order valence-corrected chi connectivity index (χ3v) is 6.43. The molecule has 0 aliphatic carbocycles. The van der Waals surface area contributed by atoms with Crippen LogP contribution in [0.4, 0.5) is 5.82 Å². The summed E-state index contributed by atoms with van der Waals surface area (Å²) in [6.07, 6.45) is 0. The first-order valence-electron chi connectivity index (χ1n) is 9.52. The summed E-state index contributed by atoms with van der Waals surface area (Å²) >= 11 is 0. The maximum absolute atomic E-state index is 12.7. The van der Waals surface area contributed by atoms with E-state index in [1.807, 2.05) is 45.0 Å². The second-order valence-electron chi connectivity index (χ2n) is 7.37. The van der Waals surface area contributed by atoms with Gasteiger partial charge in [-0.3, -0.25) is 4.79 Å². The molecule has 0 bridgehead atoms. The summed E-state index contributed by atoms with van der Waals surface area (Å²) in [5.74, 6) is -0.0399. The molecule has 1 heterocycles. The number of aryl methyl sites for hydroxylation is 3. The van der Waals surface area contributed by atoms with E-state index in [1.165, 1.54) is 31.3 Å². The highest BCUT2D eigenvalue weighted by Gasteiger charge is 2.23. The number of hydrogen-bond acceptors (Lipinski definition) is 5. The Hall–Kier alpha value is -3.48. The van der Waals surface area contributed by atoms with E-state index in [0.717, 1.165) is 21.1 Å². The minimum Gasteiger partial charge on any atom is -0.309 e. The molecule has 0 saturated heterocycles. The van der Waals surface area contributed by atoms with Gasteiger partial charge in [0.15, 0.2) is 0 Å². The number of amides is 1. The largest absolute Gasteiger partial charge is 0.309 e. The van der Waals surface area contributed by atoms with Crippen molar-refractivity contribution in [1.82, 2.24) is 14.1 Å². The molecular formula is C22H23N5O3S. The highest BCUT2D eigenvalue weighted by molar-refractivity contribution is 7.89. The Morgan fingerprint density at radius 1 is 1.10 bits per heavy atom. The molecule has 2 aromatic carbocycles. The van der Waals surface area contributed by atoms with Gasteiger partial charge in [-0.25, -0.2) is 13.1 Å². The zero-order chi connectivity index (χ0) is 22.8. The molecule has 31 heavy (non-hydrogen) atoms. The average molecular weight is 438 g/mol. The molecule has 3 rings (SSSR count). The van der Waals surface area contributed by atoms with Crippen molar-refractivity contribution < 1.29 is 13.2 Å². The van der Waals surface area contributed by atoms with Crippen LogP contribution >= 0.6 is 0 Å². The number of carbonyl (C=O) groups is 1. The summed E-state index contributed by atoms with van der Waals surface area (Å²) in [4.78, 5) is 12.6. The predicted octanol–water partition coefficient (Wildman–Crippen LogP) is 2.93. The van der Waals surface area contributed by atoms with Gasteiger partial charge >= 0.3 is 0 Å². The number of nitrogens with zero attached hydrogens (tertiary/aromatic N) is 4. The second-order valence-corrected chi connectivity index (χ2v) is 9.42. The van der Waals surface area contributed by atoms with Crippen LogP contribution in [0.2, 0.25) is 0 Å². The smallest absolute Gasteiger partial charge is 0.243 e. The first kappa shape index (κ1) is 22.2. The van der Waals surface area contributed by atoms with Gasteiger partial charge in [0.2, 0.25) is 15.9 Å². The molecule has 8 nitrogen and oxygen atoms in total. The van der Waals surface area contributed by atoms with Crippen molar-refractivity contribution in [2.45, 2.75) is 25.7 Å². The molecule has 3 aromatic rings. The van der Waals surface area contributed by atoms with E-state index in [9.17, 15) is 13.2 Å². The quantitative estimate of drug-likeness (QED) is 0.638. The first-order chi connectivity index (χ1) is 14.6. The summed E-state index contributed by atoms with van der Waals surface area (Å²) in [6.45, 7) is 5.40. The lowest BCUT2D eigenvalue weighted by Crippen LogP contribution is -2.35. The molecule has 0 spiro atoms. The summed E-state index contributed by atoms with van der Waals surface area (Å²) in [5, 5.41) is 16.1. The van der Waals surface area contributed by atoms with Crippen molar-refractivity contribution in [3.05, 3.63) is 70.9 Å². The fourth-order valence-electron chi connectivity index (χ4n) is 3.21. The minimum atomic E-state index is -3.88. The Bertz CT molecular complexity index is 1250. The molecular weight excluding hydrogens is 414 g/mol. The summed E-state index contributed by atoms with van der Waals surface area (Å²) in [6, 6.07) is 15.2. The number of nitriles is 1. The molecule has 0 radical (unpaired) electrons. The molecule has 1 amide bonds. The highest BCUT2D eigenvalue weighted by Crippen LogP contribution is 2.20. The van der Waals surface area contributed by atoms with Gasteiger partial charge in [0.25, 0.3) is 0 Å². The number of aromatic nitrogens is 2. The second kappa shape index (κ2) is 8.71. The lowest BCUT2D eigenvalue weighted by Gasteiger charge is -2.17. The molecule has 0 fully saturated rings. The van der Waals surface area contributed by atoms with Crippen LogP contribution in [0.15, 0.2) is 53.4 Å². The molecule has 160 valence electrons. The number of carbonyl (C=O) groups excluding carboxylic acids is 1. The summed E-state index contributed by atoms with van der Waals surface area (Å²) < 4.78 is 28.1. The Balaban J connectivity index is 1.78. The van der Waals surface area contributed by atoms with Gasteiger partial charge in [-0.1, -0.05) is 6.07 Å². The van der Waals surface area contributed by atoms with Crippen LogP contribution in [0.25, 0.3) is 5.69 Å². The molecule has 0 saturated carbocycles. The highest BCUT2D eigenvalue weighted by atomic mass is 32.2. The average Bonchev–Trinajstić information content (AvgIpc) is 3.07. The molecule has 0 unspecified atom stereocenters. The SMILES string of the molecule is Cc1cc(C)cc(-n2nc(C)cc2NC(=O)CN(C)S(=O)(=O)c2ccc(C#N)cc2)c1. The van der Waals surface area contributed by atoms with Gasteiger partial charge in [0.1, 0.15) is 5.82 Å². The predicted molar refractivity (Wildman–Crippen MR) is 117 cm³/mol. The number of likely N-dealkylation sites (N-methyl/N-ethyl adjacent to an activating group) is 1. The number of nitrogens with one attached hydrogen (secondary N) is 1. The van der Waals surface area contributed by atoms with E-state index < -0.39 is 15.9 Å². The van der Waals surface area contributed by atoms with Gasteiger partial charge in [-0.05, 0) is 68.3 Å². The minimum absolute atomic E-state index is 0.0120. The van der Waals surface area contributed by atoms with E-state index in [4.69, 9.17) is 5.26 Å². The third-order valence-electron chi connectivity index (χ3n) is 4.61. The zero-order valence-corrected chi connectivity index (χ0v) is 18.6. The Labute approximate surface area is 181 Å². The summed E-state index contributed by atoms with van der Waals surface area (Å²) in [5.41, 5.74) is 4.00. The first-order valence-corrected chi connectivity index (χ1v) is 11.0. The van der Waals surface area contributed by atoms with Crippen LogP contribution in [-0.2, 0) is 14.8 Å². The van der Waals surface area contributed by atoms with Gasteiger partial charge in [-0.15, -0.1) is 0 Å². The van der Waals surface area contributed by atoms with Crippen LogP contribution in [-0.4, -0.2) is 42.0 Å². The van der Waals surface area contributed by atoms with E-state index in [2.05, 4.69) is 10.4 Å². The number of rotatable bonds is 6. The van der Waals surface area contributed by atoms with Crippen LogP contribution in [0.5, 0.6) is 0 Å². The number of sulfonamides is 1. The Kier molecular flexibility index (Phi) is 6.24. The normalized spacial score (nSPS) is 11.4. The van der Waals surface area contributed by atoms with Gasteiger partial charge in [0, 0.05) is 13.1 Å². The maximum Gasteiger partial charge on any atom is 0.243 e. The fraction of sp³-hybridized carbons (Fsp3) is 0.227. The van der Waals surface area contributed by atoms with Crippen LogP contribution in [0.3, 0.4) is 0 Å². The van der Waals surface area contributed by atoms with Crippen molar-refractivity contribution in [3.63, 3.8) is 0 Å². The van der Waals surface area contributed by atoms with E-state index >= 15 is 0 Å². The van der Waals surface area contributed by atoms with Crippen molar-refractivity contribution in [2.75, 3.05) is 18.9 Å². The standard InChI is InChI=1S/C22H23N5O3S/c1-15-9-16(2)11-19(10-15)27-21(12-17(3)25-27)24-22(28)14-26(4)31(29,30)20-7-5-18(13-23)6-8-20/h5-12H,14H2,1-4H3,(H,24,28). The van der Waals surface area contributed by atoms with Crippen molar-refractivity contribution in [3.8, 4) is 11.8 Å². The Morgan fingerprint density at radius 3 is 2.29 bits per heavy atom. The van der Waals surface area contributed by atoms with Gasteiger partial charge in [-0.2, -0.15) is 14.7 Å². The number of anilines is 1. The monoisotopic (exact) mass is 437 g/mol. The fourth-order valence-corrected chi connectivity index (χ4v) is 4.34. The molecule has 1 N–H and O–H groups in total. The van der Waals surface area contributed by atoms with Crippen molar-refractivity contribution in [1.29, 1.82) is 5.26 Å². The Morgan fingerprint density at radius 2 is 1.71 bits per heavy atom. The number of hydrogen-bond donors (Lipinski definition) is 1. The van der Waals surface area contributed by atoms with E-state index in [1.54, 1.807) is 10.7 Å². The maximum atomic E-state index is 12.7. The molecule has 1 aromatic heterocycles. The topological polar surface area (TPSA) is 108 Å². The van der Waals surface area contributed by atoms with Crippen LogP contribution < -0.4 is 5.32 Å².